The fraction of sp³-hybridized carbons (Fsp3) is 0.415. The van der Waals surface area contributed by atoms with E-state index in [0.717, 1.165) is 12.8 Å². The van der Waals surface area contributed by atoms with E-state index in [2.05, 4.69) is 26.6 Å². The van der Waals surface area contributed by atoms with E-state index in [1.165, 1.54) is 13.2 Å². The normalized spacial score (nSPS) is 19.9. The van der Waals surface area contributed by atoms with Crippen molar-refractivity contribution >= 4 is 41.2 Å². The van der Waals surface area contributed by atoms with E-state index >= 15 is 0 Å². The van der Waals surface area contributed by atoms with Gasteiger partial charge in [0, 0.05) is 43.5 Å². The van der Waals surface area contributed by atoms with Crippen LogP contribution in [-0.2, 0) is 41.6 Å². The first-order valence-corrected chi connectivity index (χ1v) is 18.5. The molecule has 54 heavy (non-hydrogen) atoms. The number of anilines is 1. The summed E-state index contributed by atoms with van der Waals surface area (Å²) < 4.78 is 19.5. The summed E-state index contributed by atoms with van der Waals surface area (Å²) in [6.45, 7) is 0.302. The van der Waals surface area contributed by atoms with E-state index in [0.29, 0.717) is 55.5 Å². The largest absolute Gasteiger partial charge is 0.467 e. The van der Waals surface area contributed by atoms with Crippen LogP contribution in [0.3, 0.4) is 0 Å². The van der Waals surface area contributed by atoms with Crippen molar-refractivity contribution in [2.45, 2.75) is 88.8 Å². The number of rotatable bonds is 9. The van der Waals surface area contributed by atoms with Crippen molar-refractivity contribution in [2.75, 3.05) is 19.0 Å². The lowest BCUT2D eigenvalue weighted by molar-refractivity contribution is -0.145. The number of hydrogen-bond acceptors (Lipinski definition) is 7. The molecule has 1 aliphatic heterocycles. The van der Waals surface area contributed by atoms with Gasteiger partial charge in [0.2, 0.25) is 23.6 Å². The fourth-order valence-corrected chi connectivity index (χ4v) is 7.24. The summed E-state index contributed by atoms with van der Waals surface area (Å²) in [5.41, 5.74) is 1.17. The van der Waals surface area contributed by atoms with Gasteiger partial charge in [-0.05, 0) is 79.0 Å². The van der Waals surface area contributed by atoms with Crippen molar-refractivity contribution < 1.29 is 37.9 Å². The highest BCUT2D eigenvalue weighted by Gasteiger charge is 2.39. The molecule has 0 radical (unpaired) electrons. The van der Waals surface area contributed by atoms with Gasteiger partial charge >= 0.3 is 5.97 Å². The number of carbonyl (C=O) groups excluding carboxylic acids is 6. The number of carbonyl (C=O) groups is 6. The number of methoxy groups -OCH3 is 1. The average molecular weight is 742 g/mol. The monoisotopic (exact) mass is 741 g/mol. The van der Waals surface area contributed by atoms with E-state index in [1.54, 1.807) is 72.8 Å². The first kappa shape index (κ1) is 39.6. The molecule has 1 aliphatic carbocycles. The zero-order valence-electron chi connectivity index (χ0n) is 30.5. The molecule has 0 bridgehead atoms. The Balaban J connectivity index is 1.27. The Labute approximate surface area is 314 Å². The van der Waals surface area contributed by atoms with Crippen LogP contribution >= 0.6 is 0 Å². The molecule has 1 spiro atoms. The molecule has 5 rings (SSSR count). The van der Waals surface area contributed by atoms with Crippen LogP contribution in [0.5, 0.6) is 0 Å². The van der Waals surface area contributed by atoms with Crippen LogP contribution < -0.4 is 26.6 Å². The average Bonchev–Trinajstić information content (AvgIpc) is 3.61. The molecule has 2 aliphatic rings. The summed E-state index contributed by atoms with van der Waals surface area (Å²) in [7, 11) is 1.28. The number of nitrogens with one attached hydrogen (secondary N) is 5. The van der Waals surface area contributed by atoms with Gasteiger partial charge in [-0.2, -0.15) is 0 Å². The van der Waals surface area contributed by atoms with E-state index < -0.39 is 47.1 Å². The van der Waals surface area contributed by atoms with Gasteiger partial charge in [-0.15, -0.1) is 0 Å². The molecule has 5 amide bonds. The predicted octanol–water partition coefficient (Wildman–Crippen LogP) is 4.13. The van der Waals surface area contributed by atoms with E-state index in [9.17, 15) is 33.2 Å². The number of benzene rings is 3. The minimum Gasteiger partial charge on any atom is -0.467 e. The molecule has 0 unspecified atom stereocenters. The molecule has 1 heterocycles. The number of esters is 1. The lowest BCUT2D eigenvalue weighted by atomic mass is 9.78. The quantitative estimate of drug-likeness (QED) is 0.205. The maximum atomic E-state index is 14.6. The van der Waals surface area contributed by atoms with Crippen LogP contribution in [0, 0.1) is 11.2 Å². The van der Waals surface area contributed by atoms with Gasteiger partial charge in [0.05, 0.1) is 7.11 Å². The molecular weight excluding hydrogens is 693 g/mol. The topological polar surface area (TPSA) is 172 Å². The van der Waals surface area contributed by atoms with Crippen molar-refractivity contribution in [1.82, 2.24) is 21.3 Å². The lowest BCUT2D eigenvalue weighted by Crippen LogP contribution is -2.49. The second kappa shape index (κ2) is 18.9. The van der Waals surface area contributed by atoms with Crippen LogP contribution in [0.15, 0.2) is 78.9 Å². The Morgan fingerprint density at radius 2 is 1.52 bits per heavy atom. The van der Waals surface area contributed by atoms with Crippen LogP contribution in [0.2, 0.25) is 0 Å². The van der Waals surface area contributed by atoms with Gasteiger partial charge in [0.1, 0.15) is 23.9 Å². The standard InChI is InChI=1S/C41H48FN5O7/c1-54-40(53)32-15-7-10-22-43-38(51)33(46-36(49)26-41(20-8-9-21-41)25-35(48)45-32)23-27-16-18-30(19-17-27)44-39(52)34(24-29-13-5-6-14-31(29)42)47-37(50)28-11-3-2-4-12-28/h2-6,11-14,16-19,32-34H,7-10,15,20-26H2,1H3,(H,43,51)(H,44,52)(H,45,48)(H,46,49)(H,47,50)/t32-,33-,34+/m1/s1. The summed E-state index contributed by atoms with van der Waals surface area (Å²) in [6.07, 6.45) is 4.78. The Hall–Kier alpha value is -5.59. The van der Waals surface area contributed by atoms with Gasteiger partial charge < -0.3 is 31.3 Å². The summed E-state index contributed by atoms with van der Waals surface area (Å²) in [4.78, 5) is 79.0. The van der Waals surface area contributed by atoms with E-state index in [4.69, 9.17) is 4.74 Å². The summed E-state index contributed by atoms with van der Waals surface area (Å²) in [5.74, 6) is -3.05. The minimum absolute atomic E-state index is 0.0624. The number of halogens is 1. The van der Waals surface area contributed by atoms with Crippen LogP contribution in [0.4, 0.5) is 10.1 Å². The Bertz CT molecular complexity index is 1800. The molecule has 12 nitrogen and oxygen atoms in total. The van der Waals surface area contributed by atoms with Gasteiger partial charge in [-0.1, -0.05) is 61.4 Å². The van der Waals surface area contributed by atoms with Gasteiger partial charge in [-0.3, -0.25) is 24.0 Å². The highest BCUT2D eigenvalue weighted by molar-refractivity contribution is 6.01. The minimum atomic E-state index is -1.09. The van der Waals surface area contributed by atoms with Crippen molar-refractivity contribution in [1.29, 1.82) is 0 Å². The zero-order chi connectivity index (χ0) is 38.5. The van der Waals surface area contributed by atoms with Gasteiger partial charge in [0.25, 0.3) is 5.91 Å². The first-order chi connectivity index (χ1) is 26.0. The van der Waals surface area contributed by atoms with Gasteiger partial charge in [0.15, 0.2) is 0 Å². The number of hydrogen-bond donors (Lipinski definition) is 5. The van der Waals surface area contributed by atoms with Crippen LogP contribution in [0.1, 0.15) is 79.3 Å². The van der Waals surface area contributed by atoms with Crippen LogP contribution in [-0.4, -0.2) is 67.3 Å². The molecule has 1 saturated carbocycles. The third kappa shape index (κ3) is 11.2. The molecule has 0 aromatic heterocycles. The van der Waals surface area contributed by atoms with E-state index in [1.807, 2.05) is 0 Å². The SMILES string of the molecule is COC(=O)[C@H]1CCCCNC(=O)[C@@H](Cc2ccc(NC(=O)[C@H](Cc3ccccc3F)NC(=O)c3ccccc3)cc2)NC(=O)CC2(CCCC2)CC(=O)N1. The van der Waals surface area contributed by atoms with Gasteiger partial charge in [-0.25, -0.2) is 9.18 Å². The second-order valence-corrected chi connectivity index (χ2v) is 14.2. The van der Waals surface area contributed by atoms with Crippen molar-refractivity contribution in [3.05, 3.63) is 101 Å². The molecule has 286 valence electrons. The third-order valence-electron chi connectivity index (χ3n) is 10.1. The highest BCUT2D eigenvalue weighted by Crippen LogP contribution is 2.44. The maximum Gasteiger partial charge on any atom is 0.328 e. The van der Waals surface area contributed by atoms with E-state index in [-0.39, 0.29) is 49.0 Å². The molecule has 3 aromatic rings. The molecular formula is C41H48FN5O7. The Kier molecular flexibility index (Phi) is 13.9. The lowest BCUT2D eigenvalue weighted by Gasteiger charge is -2.29. The second-order valence-electron chi connectivity index (χ2n) is 14.2. The smallest absolute Gasteiger partial charge is 0.328 e. The van der Waals surface area contributed by atoms with Crippen LogP contribution in [0.25, 0.3) is 0 Å². The Morgan fingerprint density at radius 1 is 0.852 bits per heavy atom. The number of ether oxygens (including phenoxy) is 1. The zero-order valence-corrected chi connectivity index (χ0v) is 30.5. The summed E-state index contributed by atoms with van der Waals surface area (Å²) in [6, 6.07) is 18.5. The third-order valence-corrected chi connectivity index (χ3v) is 10.1. The van der Waals surface area contributed by atoms with Crippen molar-refractivity contribution in [3.8, 4) is 0 Å². The highest BCUT2D eigenvalue weighted by atomic mass is 19.1. The summed E-state index contributed by atoms with van der Waals surface area (Å²) in [5, 5.41) is 14.2. The first-order valence-electron chi connectivity index (χ1n) is 18.5. The molecule has 3 atom stereocenters. The molecule has 13 heteroatoms. The molecule has 3 aromatic carbocycles. The fourth-order valence-electron chi connectivity index (χ4n) is 7.24. The molecule has 1 saturated heterocycles. The molecule has 2 fully saturated rings. The maximum absolute atomic E-state index is 14.6. The summed E-state index contributed by atoms with van der Waals surface area (Å²) >= 11 is 0. The van der Waals surface area contributed by atoms with Crippen molar-refractivity contribution in [2.24, 2.45) is 5.41 Å². The number of amides is 5. The predicted molar refractivity (Wildman–Crippen MR) is 199 cm³/mol. The molecule has 5 N–H and O–H groups in total. The Morgan fingerprint density at radius 3 is 2.20 bits per heavy atom. The van der Waals surface area contributed by atoms with Crippen molar-refractivity contribution in [3.63, 3.8) is 0 Å².